The third-order valence-corrected chi connectivity index (χ3v) is 6.82. The number of amides is 2. The zero-order chi connectivity index (χ0) is 25.6. The van der Waals surface area contributed by atoms with Crippen molar-refractivity contribution >= 4 is 21.8 Å². The SMILES string of the molecule is CC[C@H](C)N(Cc1ccc(OC)c(OS(=O)(=O)c2ccc(F)cc2)c1)C(=O)Nc1ccc(C)cc1. The standard InChI is InChI=1S/C26H29FN2O5S/c1-5-19(3)29(26(30)28-22-11-6-18(2)7-12-22)17-20-8-15-24(33-4)25(16-20)34-35(31,32)23-13-9-21(27)10-14-23/h6-16,19H,5,17H2,1-4H3,(H,28,30)/t19-/m0/s1. The highest BCUT2D eigenvalue weighted by Gasteiger charge is 2.23. The van der Waals surface area contributed by atoms with Crippen LogP contribution in [0.25, 0.3) is 0 Å². The molecule has 0 aromatic heterocycles. The summed E-state index contributed by atoms with van der Waals surface area (Å²) in [5, 5.41) is 2.91. The highest BCUT2D eigenvalue weighted by atomic mass is 32.2. The first-order chi connectivity index (χ1) is 16.6. The van der Waals surface area contributed by atoms with Crippen LogP contribution in [0.1, 0.15) is 31.4 Å². The Morgan fingerprint density at radius 3 is 2.29 bits per heavy atom. The molecule has 9 heteroatoms. The van der Waals surface area contributed by atoms with Crippen LogP contribution < -0.4 is 14.2 Å². The topological polar surface area (TPSA) is 84.9 Å². The number of hydrogen-bond acceptors (Lipinski definition) is 5. The lowest BCUT2D eigenvalue weighted by Gasteiger charge is -2.29. The Morgan fingerprint density at radius 2 is 1.69 bits per heavy atom. The molecular formula is C26H29FN2O5S. The second-order valence-corrected chi connectivity index (χ2v) is 9.70. The van der Waals surface area contributed by atoms with Gasteiger partial charge in [0, 0.05) is 18.3 Å². The molecule has 0 spiro atoms. The number of aryl methyl sites for hydroxylation is 1. The third kappa shape index (κ3) is 6.73. The molecule has 0 heterocycles. The van der Waals surface area contributed by atoms with Crippen LogP contribution in [0.15, 0.2) is 71.6 Å². The second kappa shape index (κ2) is 11.2. The molecule has 3 aromatic rings. The molecule has 186 valence electrons. The number of hydrogen-bond donors (Lipinski definition) is 1. The predicted molar refractivity (Wildman–Crippen MR) is 133 cm³/mol. The van der Waals surface area contributed by atoms with Crippen LogP contribution in [0, 0.1) is 12.7 Å². The summed E-state index contributed by atoms with van der Waals surface area (Å²) in [6.45, 7) is 6.10. The molecule has 0 bridgehead atoms. The monoisotopic (exact) mass is 500 g/mol. The van der Waals surface area contributed by atoms with Gasteiger partial charge in [-0.2, -0.15) is 8.42 Å². The van der Waals surface area contributed by atoms with Crippen LogP contribution in [0.2, 0.25) is 0 Å². The van der Waals surface area contributed by atoms with Crippen molar-refractivity contribution in [2.75, 3.05) is 12.4 Å². The number of anilines is 1. The molecule has 3 rings (SSSR count). The lowest BCUT2D eigenvalue weighted by atomic mass is 10.1. The van der Waals surface area contributed by atoms with Gasteiger partial charge in [-0.25, -0.2) is 9.18 Å². The molecule has 0 aliphatic heterocycles. The average molecular weight is 501 g/mol. The molecule has 0 saturated heterocycles. The lowest BCUT2D eigenvalue weighted by molar-refractivity contribution is 0.187. The molecule has 3 aromatic carbocycles. The largest absolute Gasteiger partial charge is 0.493 e. The third-order valence-electron chi connectivity index (χ3n) is 5.57. The number of halogens is 1. The summed E-state index contributed by atoms with van der Waals surface area (Å²) >= 11 is 0. The van der Waals surface area contributed by atoms with Gasteiger partial charge < -0.3 is 19.1 Å². The maximum Gasteiger partial charge on any atom is 0.339 e. The number of methoxy groups -OCH3 is 1. The summed E-state index contributed by atoms with van der Waals surface area (Å²) < 4.78 is 49.3. The minimum absolute atomic E-state index is 0.0302. The van der Waals surface area contributed by atoms with Crippen molar-refractivity contribution in [3.63, 3.8) is 0 Å². The molecule has 7 nitrogen and oxygen atoms in total. The summed E-state index contributed by atoms with van der Waals surface area (Å²) in [4.78, 5) is 14.6. The molecule has 0 radical (unpaired) electrons. The number of nitrogens with zero attached hydrogens (tertiary/aromatic N) is 1. The van der Waals surface area contributed by atoms with E-state index in [0.717, 1.165) is 36.2 Å². The van der Waals surface area contributed by atoms with Gasteiger partial charge in [-0.1, -0.05) is 30.7 Å². The number of nitrogens with one attached hydrogen (secondary N) is 1. The van der Waals surface area contributed by atoms with Crippen LogP contribution >= 0.6 is 0 Å². The van der Waals surface area contributed by atoms with Crippen molar-refractivity contribution < 1.29 is 26.5 Å². The van der Waals surface area contributed by atoms with E-state index in [4.69, 9.17) is 8.92 Å². The van der Waals surface area contributed by atoms with Gasteiger partial charge in [-0.3, -0.25) is 0 Å². The normalized spacial score (nSPS) is 12.0. The van der Waals surface area contributed by atoms with E-state index in [0.29, 0.717) is 11.3 Å². The molecule has 0 fully saturated rings. The Balaban J connectivity index is 1.85. The quantitative estimate of drug-likeness (QED) is 0.379. The van der Waals surface area contributed by atoms with Crippen molar-refractivity contribution in [1.29, 1.82) is 0 Å². The zero-order valence-electron chi connectivity index (χ0n) is 20.1. The van der Waals surface area contributed by atoms with E-state index in [1.807, 2.05) is 45.0 Å². The Morgan fingerprint density at radius 1 is 1.03 bits per heavy atom. The Hall–Kier alpha value is -3.59. The molecule has 0 aliphatic carbocycles. The van der Waals surface area contributed by atoms with Gasteiger partial charge >= 0.3 is 16.1 Å². The predicted octanol–water partition coefficient (Wildman–Crippen LogP) is 5.74. The Kier molecular flexibility index (Phi) is 8.34. The lowest BCUT2D eigenvalue weighted by Crippen LogP contribution is -2.40. The van der Waals surface area contributed by atoms with E-state index in [-0.39, 0.29) is 35.0 Å². The smallest absolute Gasteiger partial charge is 0.339 e. The second-order valence-electron chi connectivity index (χ2n) is 8.16. The van der Waals surface area contributed by atoms with Gasteiger partial charge in [0.15, 0.2) is 11.5 Å². The molecule has 0 unspecified atom stereocenters. The van der Waals surface area contributed by atoms with Crippen molar-refractivity contribution in [2.45, 2.75) is 44.7 Å². The van der Waals surface area contributed by atoms with Crippen LogP contribution in [0.5, 0.6) is 11.5 Å². The Labute approximate surface area is 205 Å². The number of ether oxygens (including phenoxy) is 1. The van der Waals surface area contributed by atoms with Crippen molar-refractivity contribution in [3.05, 3.63) is 83.7 Å². The fourth-order valence-electron chi connectivity index (χ4n) is 3.33. The molecule has 1 atom stereocenters. The van der Waals surface area contributed by atoms with Gasteiger partial charge in [0.2, 0.25) is 0 Å². The highest BCUT2D eigenvalue weighted by Crippen LogP contribution is 2.32. The average Bonchev–Trinajstić information content (AvgIpc) is 2.83. The summed E-state index contributed by atoms with van der Waals surface area (Å²) in [5.74, 6) is -0.381. The number of rotatable bonds is 9. The number of carbonyl (C=O) groups excluding carboxylic acids is 1. The van der Waals surface area contributed by atoms with Gasteiger partial charge in [-0.05, 0) is 74.4 Å². The van der Waals surface area contributed by atoms with E-state index in [9.17, 15) is 17.6 Å². The fourth-order valence-corrected chi connectivity index (χ4v) is 4.26. The molecule has 0 saturated carbocycles. The summed E-state index contributed by atoms with van der Waals surface area (Å²) in [5.41, 5.74) is 2.41. The summed E-state index contributed by atoms with van der Waals surface area (Å²) in [6.07, 6.45) is 0.722. The fraction of sp³-hybridized carbons (Fsp3) is 0.269. The molecule has 35 heavy (non-hydrogen) atoms. The van der Waals surface area contributed by atoms with Crippen LogP contribution in [0.3, 0.4) is 0 Å². The van der Waals surface area contributed by atoms with Crippen LogP contribution in [0.4, 0.5) is 14.9 Å². The van der Waals surface area contributed by atoms with Crippen molar-refractivity contribution in [3.8, 4) is 11.5 Å². The number of carbonyl (C=O) groups is 1. The van der Waals surface area contributed by atoms with Crippen LogP contribution in [-0.2, 0) is 16.7 Å². The molecule has 2 amide bonds. The first kappa shape index (κ1) is 26.0. The van der Waals surface area contributed by atoms with E-state index in [2.05, 4.69) is 5.32 Å². The first-order valence-corrected chi connectivity index (χ1v) is 12.5. The van der Waals surface area contributed by atoms with Gasteiger partial charge in [0.05, 0.1) is 7.11 Å². The summed E-state index contributed by atoms with van der Waals surface area (Å²) in [6, 6.07) is 16.3. The number of urea groups is 1. The van der Waals surface area contributed by atoms with E-state index in [1.165, 1.54) is 13.2 Å². The minimum atomic E-state index is -4.23. The van der Waals surface area contributed by atoms with Crippen molar-refractivity contribution in [1.82, 2.24) is 4.90 Å². The van der Waals surface area contributed by atoms with Gasteiger partial charge in [0.25, 0.3) is 0 Å². The van der Waals surface area contributed by atoms with Gasteiger partial charge in [-0.15, -0.1) is 0 Å². The zero-order valence-corrected chi connectivity index (χ0v) is 20.9. The Bertz CT molecular complexity index is 1260. The maximum atomic E-state index is 13.2. The summed E-state index contributed by atoms with van der Waals surface area (Å²) in [7, 11) is -2.83. The maximum absolute atomic E-state index is 13.2. The van der Waals surface area contributed by atoms with E-state index < -0.39 is 15.9 Å². The van der Waals surface area contributed by atoms with Gasteiger partial charge in [0.1, 0.15) is 10.7 Å². The number of benzene rings is 3. The van der Waals surface area contributed by atoms with E-state index >= 15 is 0 Å². The highest BCUT2D eigenvalue weighted by molar-refractivity contribution is 7.87. The molecule has 1 N–H and O–H groups in total. The first-order valence-electron chi connectivity index (χ1n) is 11.1. The molecule has 0 aliphatic rings. The molecular weight excluding hydrogens is 471 g/mol. The van der Waals surface area contributed by atoms with E-state index in [1.54, 1.807) is 17.0 Å². The minimum Gasteiger partial charge on any atom is -0.493 e. The van der Waals surface area contributed by atoms with Crippen LogP contribution in [-0.4, -0.2) is 32.5 Å². The van der Waals surface area contributed by atoms with Crippen molar-refractivity contribution in [2.24, 2.45) is 0 Å².